The lowest BCUT2D eigenvalue weighted by atomic mass is 10.1. The predicted molar refractivity (Wildman–Crippen MR) is 45.7 cm³/mol. The minimum atomic E-state index is -2.84. The average Bonchev–Trinajstić information content (AvgIpc) is 2.09. The van der Waals surface area contributed by atoms with Gasteiger partial charge in [-0.25, -0.2) is 8.78 Å². The van der Waals surface area contributed by atoms with Crippen molar-refractivity contribution in [1.82, 2.24) is 4.98 Å². The van der Waals surface area contributed by atoms with Crippen molar-refractivity contribution in [3.8, 4) is 6.07 Å². The third kappa shape index (κ3) is 1.88. The molecule has 4 nitrogen and oxygen atoms in total. The maximum atomic E-state index is 12.4. The van der Waals surface area contributed by atoms with E-state index in [-0.39, 0.29) is 17.7 Å². The van der Waals surface area contributed by atoms with Crippen molar-refractivity contribution >= 4 is 5.69 Å². The summed E-state index contributed by atoms with van der Waals surface area (Å²) in [6.45, 7) is 0. The number of nitrogens with one attached hydrogen (secondary N) is 1. The summed E-state index contributed by atoms with van der Waals surface area (Å²) in [4.78, 5) is 12.8. The molecular formula is C8H7F2N3O. The van der Waals surface area contributed by atoms with Crippen molar-refractivity contribution in [3.05, 3.63) is 27.7 Å². The fourth-order valence-electron chi connectivity index (χ4n) is 1.09. The number of H-pyrrole nitrogens is 1. The lowest BCUT2D eigenvalue weighted by Gasteiger charge is -2.07. The van der Waals surface area contributed by atoms with Gasteiger partial charge in [-0.05, 0) is 0 Å². The number of rotatable bonds is 2. The van der Waals surface area contributed by atoms with Gasteiger partial charge in [0, 0.05) is 17.3 Å². The molecule has 0 fully saturated rings. The van der Waals surface area contributed by atoms with Gasteiger partial charge >= 0.3 is 0 Å². The van der Waals surface area contributed by atoms with Gasteiger partial charge in [0.25, 0.3) is 6.43 Å². The van der Waals surface area contributed by atoms with Crippen molar-refractivity contribution in [1.29, 1.82) is 5.26 Å². The first kappa shape index (κ1) is 10.2. The predicted octanol–water partition coefficient (Wildman–Crippen LogP) is 0.961. The van der Waals surface area contributed by atoms with E-state index in [4.69, 9.17) is 11.0 Å². The number of aromatic amines is 1. The van der Waals surface area contributed by atoms with Crippen molar-refractivity contribution in [2.24, 2.45) is 0 Å². The van der Waals surface area contributed by atoms with E-state index < -0.39 is 17.7 Å². The van der Waals surface area contributed by atoms with Gasteiger partial charge in [-0.3, -0.25) is 4.79 Å². The van der Waals surface area contributed by atoms with Crippen LogP contribution in [0.2, 0.25) is 0 Å². The molecule has 0 amide bonds. The zero-order valence-corrected chi connectivity index (χ0v) is 7.05. The Morgan fingerprint density at radius 3 is 2.79 bits per heavy atom. The summed E-state index contributed by atoms with van der Waals surface area (Å²) < 4.78 is 24.8. The second-order valence-corrected chi connectivity index (χ2v) is 2.62. The van der Waals surface area contributed by atoms with E-state index >= 15 is 0 Å². The summed E-state index contributed by atoms with van der Waals surface area (Å²) >= 11 is 0. The van der Waals surface area contributed by atoms with Crippen LogP contribution in [0.4, 0.5) is 14.5 Å². The summed E-state index contributed by atoms with van der Waals surface area (Å²) in [5, 5.41) is 8.38. The Labute approximate surface area is 78.0 Å². The number of alkyl halides is 2. The maximum absolute atomic E-state index is 12.4. The van der Waals surface area contributed by atoms with E-state index in [1.165, 1.54) is 0 Å². The molecule has 6 heteroatoms. The number of nitrogens with two attached hydrogens (primary N) is 1. The molecule has 1 aromatic heterocycles. The molecule has 0 aliphatic carbocycles. The van der Waals surface area contributed by atoms with Crippen LogP contribution in [-0.4, -0.2) is 4.98 Å². The Kier molecular flexibility index (Phi) is 2.82. The highest BCUT2D eigenvalue weighted by Gasteiger charge is 2.16. The third-order valence-electron chi connectivity index (χ3n) is 1.69. The quantitative estimate of drug-likeness (QED) is 0.744. The molecule has 0 spiro atoms. The van der Waals surface area contributed by atoms with Crippen LogP contribution in [0.5, 0.6) is 0 Å². The number of halogens is 2. The maximum Gasteiger partial charge on any atom is 0.278 e. The van der Waals surface area contributed by atoms with Gasteiger partial charge in [-0.1, -0.05) is 0 Å². The van der Waals surface area contributed by atoms with Crippen LogP contribution in [0.15, 0.2) is 10.9 Å². The second kappa shape index (κ2) is 3.87. The summed E-state index contributed by atoms with van der Waals surface area (Å²) in [6, 6.07) is 2.69. The van der Waals surface area contributed by atoms with E-state index in [9.17, 15) is 13.6 Å². The zero-order valence-electron chi connectivity index (χ0n) is 7.05. The van der Waals surface area contributed by atoms with Crippen LogP contribution in [0.3, 0.4) is 0 Å². The molecule has 0 aromatic carbocycles. The van der Waals surface area contributed by atoms with Crippen LogP contribution < -0.4 is 11.3 Å². The van der Waals surface area contributed by atoms with Gasteiger partial charge in [0.1, 0.15) is 0 Å². The Balaban J connectivity index is 3.38. The highest BCUT2D eigenvalue weighted by molar-refractivity contribution is 5.49. The van der Waals surface area contributed by atoms with Crippen LogP contribution in [-0.2, 0) is 6.42 Å². The molecule has 0 saturated carbocycles. The molecule has 0 saturated heterocycles. The summed E-state index contributed by atoms with van der Waals surface area (Å²) in [6.07, 6.45) is -3.09. The largest absolute Gasteiger partial charge is 0.398 e. The Morgan fingerprint density at radius 2 is 2.29 bits per heavy atom. The Bertz CT molecular complexity index is 433. The Morgan fingerprint density at radius 1 is 1.64 bits per heavy atom. The van der Waals surface area contributed by atoms with Crippen molar-refractivity contribution in [3.63, 3.8) is 0 Å². The highest BCUT2D eigenvalue weighted by atomic mass is 19.3. The van der Waals surface area contributed by atoms with E-state index in [0.29, 0.717) is 0 Å². The van der Waals surface area contributed by atoms with Gasteiger partial charge < -0.3 is 10.7 Å². The number of nitriles is 1. The number of hydrogen-bond donors (Lipinski definition) is 2. The van der Waals surface area contributed by atoms with Gasteiger partial charge in [-0.15, -0.1) is 0 Å². The molecule has 1 aromatic rings. The number of hydrogen-bond acceptors (Lipinski definition) is 3. The van der Waals surface area contributed by atoms with E-state index in [0.717, 1.165) is 6.07 Å². The van der Waals surface area contributed by atoms with Crippen LogP contribution in [0, 0.1) is 11.3 Å². The monoisotopic (exact) mass is 199 g/mol. The van der Waals surface area contributed by atoms with E-state index in [1.807, 2.05) is 4.98 Å². The number of pyridine rings is 1. The standard InChI is InChI=1S/C8H7F2N3O/c9-8(10)7-4(1-2-11)5(12)3-6(14)13-7/h3,8H,1H2,(H3,12,13,14). The molecule has 0 aliphatic rings. The number of nitrogens with zero attached hydrogens (tertiary/aromatic N) is 1. The summed E-state index contributed by atoms with van der Waals surface area (Å²) in [5.74, 6) is 0. The molecule has 3 N–H and O–H groups in total. The molecule has 14 heavy (non-hydrogen) atoms. The fraction of sp³-hybridized carbons (Fsp3) is 0.250. The van der Waals surface area contributed by atoms with Gasteiger partial charge in [0.05, 0.1) is 18.2 Å². The smallest absolute Gasteiger partial charge is 0.278 e. The second-order valence-electron chi connectivity index (χ2n) is 2.62. The number of nitrogen functional groups attached to an aromatic ring is 1. The first-order chi connectivity index (χ1) is 6.56. The van der Waals surface area contributed by atoms with E-state index in [2.05, 4.69) is 0 Å². The first-order valence-electron chi connectivity index (χ1n) is 3.73. The minimum Gasteiger partial charge on any atom is -0.398 e. The Hall–Kier alpha value is -1.90. The average molecular weight is 199 g/mol. The number of anilines is 1. The first-order valence-corrected chi connectivity index (χ1v) is 3.73. The lowest BCUT2D eigenvalue weighted by Crippen LogP contribution is -2.14. The van der Waals surface area contributed by atoms with Crippen LogP contribution in [0.1, 0.15) is 17.7 Å². The van der Waals surface area contributed by atoms with Crippen molar-refractivity contribution in [2.45, 2.75) is 12.8 Å². The third-order valence-corrected chi connectivity index (χ3v) is 1.69. The molecular weight excluding hydrogens is 192 g/mol. The molecule has 0 atom stereocenters. The van der Waals surface area contributed by atoms with Crippen molar-refractivity contribution in [2.75, 3.05) is 5.73 Å². The summed E-state index contributed by atoms with van der Waals surface area (Å²) in [7, 11) is 0. The van der Waals surface area contributed by atoms with Gasteiger partial charge in [-0.2, -0.15) is 5.26 Å². The molecule has 74 valence electrons. The van der Waals surface area contributed by atoms with Gasteiger partial charge in [0.15, 0.2) is 0 Å². The molecule has 1 heterocycles. The minimum absolute atomic E-state index is 0.0119. The lowest BCUT2D eigenvalue weighted by molar-refractivity contribution is 0.145. The topological polar surface area (TPSA) is 82.7 Å². The molecule has 1 rings (SSSR count). The van der Waals surface area contributed by atoms with Gasteiger partial charge in [0.2, 0.25) is 5.56 Å². The van der Waals surface area contributed by atoms with E-state index in [1.54, 1.807) is 6.07 Å². The highest BCUT2D eigenvalue weighted by Crippen LogP contribution is 2.23. The summed E-state index contributed by atoms with van der Waals surface area (Å²) in [5.41, 5.74) is 3.98. The molecule has 0 radical (unpaired) electrons. The fourth-order valence-corrected chi connectivity index (χ4v) is 1.09. The van der Waals surface area contributed by atoms with Crippen molar-refractivity contribution < 1.29 is 8.78 Å². The van der Waals surface area contributed by atoms with Crippen LogP contribution in [0.25, 0.3) is 0 Å². The molecule has 0 bridgehead atoms. The molecule has 0 aliphatic heterocycles. The number of aromatic nitrogens is 1. The molecule has 0 unspecified atom stereocenters. The SMILES string of the molecule is N#CCc1c(N)cc(=O)[nH]c1C(F)F. The zero-order chi connectivity index (χ0) is 10.7. The van der Waals surface area contributed by atoms with Crippen LogP contribution >= 0.6 is 0 Å². The normalized spacial score (nSPS) is 10.1.